The molecule has 1 aromatic rings. The van der Waals surface area contributed by atoms with Gasteiger partial charge in [0.15, 0.2) is 0 Å². The van der Waals surface area contributed by atoms with E-state index in [0.29, 0.717) is 25.9 Å². The molecule has 1 aliphatic heterocycles. The van der Waals surface area contributed by atoms with Crippen LogP contribution in [0.15, 0.2) is 30.3 Å². The summed E-state index contributed by atoms with van der Waals surface area (Å²) in [5, 5.41) is 11.8. The Morgan fingerprint density at radius 2 is 2.00 bits per heavy atom. The van der Waals surface area contributed by atoms with Crippen molar-refractivity contribution in [1.29, 1.82) is 0 Å². The zero-order valence-electron chi connectivity index (χ0n) is 16.0. The molecule has 1 aliphatic rings. The van der Waals surface area contributed by atoms with Crippen molar-refractivity contribution in [3.8, 4) is 0 Å². The van der Waals surface area contributed by atoms with Crippen molar-refractivity contribution < 1.29 is 19.5 Å². The largest absolute Gasteiger partial charge is 0.481 e. The van der Waals surface area contributed by atoms with Crippen molar-refractivity contribution in [2.45, 2.75) is 57.9 Å². The standard InChI is InChI=1S/C21H30N2O4/c1-2-7-18(22-19(24)14-16-8-4-3-5-9-16)21(27)23-13-6-10-17(15-23)11-12-20(25)26/h3-5,8-9,17-18H,2,6-7,10-15H2,1H3,(H,22,24)(H,25,26). The third kappa shape index (κ3) is 7.04. The van der Waals surface area contributed by atoms with Gasteiger partial charge in [0.05, 0.1) is 6.42 Å². The Labute approximate surface area is 160 Å². The summed E-state index contributed by atoms with van der Waals surface area (Å²) in [5.41, 5.74) is 0.921. The van der Waals surface area contributed by atoms with E-state index >= 15 is 0 Å². The summed E-state index contributed by atoms with van der Waals surface area (Å²) in [5.74, 6) is -0.762. The van der Waals surface area contributed by atoms with Gasteiger partial charge in [-0.25, -0.2) is 0 Å². The molecule has 0 saturated carbocycles. The summed E-state index contributed by atoms with van der Waals surface area (Å²) < 4.78 is 0. The summed E-state index contributed by atoms with van der Waals surface area (Å²) >= 11 is 0. The molecule has 2 atom stereocenters. The molecule has 27 heavy (non-hydrogen) atoms. The first-order chi connectivity index (χ1) is 13.0. The van der Waals surface area contributed by atoms with Gasteiger partial charge >= 0.3 is 5.97 Å². The van der Waals surface area contributed by atoms with Crippen LogP contribution in [0, 0.1) is 5.92 Å². The number of nitrogens with zero attached hydrogens (tertiary/aromatic N) is 1. The van der Waals surface area contributed by atoms with Crippen molar-refractivity contribution >= 4 is 17.8 Å². The van der Waals surface area contributed by atoms with E-state index in [4.69, 9.17) is 5.11 Å². The topological polar surface area (TPSA) is 86.7 Å². The molecule has 148 valence electrons. The fourth-order valence-corrected chi connectivity index (χ4v) is 3.62. The highest BCUT2D eigenvalue weighted by molar-refractivity contribution is 5.88. The van der Waals surface area contributed by atoms with Gasteiger partial charge in [0, 0.05) is 19.5 Å². The highest BCUT2D eigenvalue weighted by Crippen LogP contribution is 2.22. The van der Waals surface area contributed by atoms with Crippen molar-refractivity contribution in [1.82, 2.24) is 10.2 Å². The van der Waals surface area contributed by atoms with Crippen LogP contribution in [0.1, 0.15) is 51.0 Å². The molecule has 0 aromatic heterocycles. The van der Waals surface area contributed by atoms with Crippen molar-refractivity contribution in [2.75, 3.05) is 13.1 Å². The SMILES string of the molecule is CCCC(NC(=O)Cc1ccccc1)C(=O)N1CCCC(CCC(=O)O)C1. The number of carboxylic acids is 1. The summed E-state index contributed by atoms with van der Waals surface area (Å²) in [6, 6.07) is 8.97. The lowest BCUT2D eigenvalue weighted by atomic mass is 9.92. The molecule has 1 saturated heterocycles. The fourth-order valence-electron chi connectivity index (χ4n) is 3.62. The van der Waals surface area contributed by atoms with E-state index in [1.807, 2.05) is 37.3 Å². The number of carbonyl (C=O) groups excluding carboxylic acids is 2. The molecule has 6 nitrogen and oxygen atoms in total. The Kier molecular flexibility index (Phi) is 8.30. The van der Waals surface area contributed by atoms with Crippen LogP contribution in [-0.2, 0) is 20.8 Å². The normalized spacial score (nSPS) is 18.0. The van der Waals surface area contributed by atoms with Crippen molar-refractivity contribution in [3.05, 3.63) is 35.9 Å². The number of benzene rings is 1. The lowest BCUT2D eigenvalue weighted by Crippen LogP contribution is -2.51. The third-order valence-electron chi connectivity index (χ3n) is 5.02. The van der Waals surface area contributed by atoms with Crippen molar-refractivity contribution in [3.63, 3.8) is 0 Å². The van der Waals surface area contributed by atoms with Gasteiger partial charge in [-0.15, -0.1) is 0 Å². The van der Waals surface area contributed by atoms with E-state index < -0.39 is 12.0 Å². The van der Waals surface area contributed by atoms with Gasteiger partial charge in [-0.3, -0.25) is 14.4 Å². The summed E-state index contributed by atoms with van der Waals surface area (Å²) in [7, 11) is 0. The van der Waals surface area contributed by atoms with Crippen LogP contribution in [-0.4, -0.2) is 46.9 Å². The van der Waals surface area contributed by atoms with Crippen LogP contribution < -0.4 is 5.32 Å². The second-order valence-corrected chi connectivity index (χ2v) is 7.30. The van der Waals surface area contributed by atoms with Crippen LogP contribution in [0.3, 0.4) is 0 Å². The Morgan fingerprint density at radius 1 is 1.26 bits per heavy atom. The van der Waals surface area contributed by atoms with Gasteiger partial charge < -0.3 is 15.3 Å². The molecular weight excluding hydrogens is 344 g/mol. The number of hydrogen-bond donors (Lipinski definition) is 2. The molecule has 2 N–H and O–H groups in total. The molecule has 0 bridgehead atoms. The average Bonchev–Trinajstić information content (AvgIpc) is 2.66. The van der Waals surface area contributed by atoms with E-state index in [9.17, 15) is 14.4 Å². The summed E-state index contributed by atoms with van der Waals surface area (Å²) in [6.45, 7) is 3.26. The number of amides is 2. The lowest BCUT2D eigenvalue weighted by molar-refractivity contribution is -0.138. The third-order valence-corrected chi connectivity index (χ3v) is 5.02. The molecule has 0 radical (unpaired) electrons. The van der Waals surface area contributed by atoms with Crippen LogP contribution in [0.4, 0.5) is 0 Å². The highest BCUT2D eigenvalue weighted by Gasteiger charge is 2.29. The number of carbonyl (C=O) groups is 3. The average molecular weight is 374 g/mol. The lowest BCUT2D eigenvalue weighted by Gasteiger charge is -2.35. The molecule has 2 unspecified atom stereocenters. The molecule has 0 spiro atoms. The number of likely N-dealkylation sites (tertiary alicyclic amines) is 1. The summed E-state index contributed by atoms with van der Waals surface area (Å²) in [6.07, 6.45) is 4.24. The Hall–Kier alpha value is -2.37. The number of nitrogens with one attached hydrogen (secondary N) is 1. The molecular formula is C21H30N2O4. The number of aliphatic carboxylic acids is 1. The van der Waals surface area contributed by atoms with E-state index in [0.717, 1.165) is 24.8 Å². The molecule has 6 heteroatoms. The zero-order chi connectivity index (χ0) is 19.6. The minimum Gasteiger partial charge on any atom is -0.481 e. The highest BCUT2D eigenvalue weighted by atomic mass is 16.4. The monoisotopic (exact) mass is 374 g/mol. The van der Waals surface area contributed by atoms with Crippen LogP contribution >= 0.6 is 0 Å². The molecule has 2 amide bonds. The molecule has 0 aliphatic carbocycles. The summed E-state index contributed by atoms with van der Waals surface area (Å²) in [4.78, 5) is 37.9. The van der Waals surface area contributed by atoms with E-state index in [-0.39, 0.29) is 30.6 Å². The Morgan fingerprint density at radius 3 is 2.67 bits per heavy atom. The Bertz CT molecular complexity index is 632. The van der Waals surface area contributed by atoms with Gasteiger partial charge in [-0.05, 0) is 37.2 Å². The zero-order valence-corrected chi connectivity index (χ0v) is 16.0. The number of carboxylic acid groups (broad SMARTS) is 1. The number of hydrogen-bond acceptors (Lipinski definition) is 3. The van der Waals surface area contributed by atoms with Gasteiger partial charge in [0.25, 0.3) is 0 Å². The van der Waals surface area contributed by atoms with Gasteiger partial charge in [0.2, 0.25) is 11.8 Å². The van der Waals surface area contributed by atoms with E-state index in [1.165, 1.54) is 0 Å². The smallest absolute Gasteiger partial charge is 0.303 e. The molecule has 1 fully saturated rings. The minimum atomic E-state index is -0.796. The van der Waals surface area contributed by atoms with Gasteiger partial charge in [-0.2, -0.15) is 0 Å². The van der Waals surface area contributed by atoms with E-state index in [1.54, 1.807) is 4.90 Å². The predicted molar refractivity (Wildman–Crippen MR) is 103 cm³/mol. The first-order valence-electron chi connectivity index (χ1n) is 9.83. The number of piperidine rings is 1. The Balaban J connectivity index is 1.92. The van der Waals surface area contributed by atoms with Gasteiger partial charge in [0.1, 0.15) is 6.04 Å². The molecule has 1 aromatic carbocycles. The fraction of sp³-hybridized carbons (Fsp3) is 0.571. The second kappa shape index (κ2) is 10.7. The van der Waals surface area contributed by atoms with Crippen molar-refractivity contribution in [2.24, 2.45) is 5.92 Å². The first-order valence-corrected chi connectivity index (χ1v) is 9.83. The minimum absolute atomic E-state index is 0.0433. The quantitative estimate of drug-likeness (QED) is 0.696. The first kappa shape index (κ1) is 20.9. The second-order valence-electron chi connectivity index (χ2n) is 7.30. The molecule has 2 rings (SSSR count). The predicted octanol–water partition coefficient (Wildman–Crippen LogP) is 2.62. The van der Waals surface area contributed by atoms with E-state index in [2.05, 4.69) is 5.32 Å². The maximum absolute atomic E-state index is 13.0. The maximum atomic E-state index is 13.0. The van der Waals surface area contributed by atoms with Crippen LogP contribution in [0.2, 0.25) is 0 Å². The van der Waals surface area contributed by atoms with Crippen LogP contribution in [0.5, 0.6) is 0 Å². The van der Waals surface area contributed by atoms with Crippen LogP contribution in [0.25, 0.3) is 0 Å². The maximum Gasteiger partial charge on any atom is 0.303 e. The van der Waals surface area contributed by atoms with Gasteiger partial charge in [-0.1, -0.05) is 43.7 Å². The number of rotatable bonds is 9. The molecule has 1 heterocycles.